The van der Waals surface area contributed by atoms with Gasteiger partial charge in [0.25, 0.3) is 0 Å². The minimum Gasteiger partial charge on any atom is -0.508 e. The van der Waals surface area contributed by atoms with Gasteiger partial charge in [-0.25, -0.2) is 8.78 Å². The smallest absolute Gasteiger partial charge is 0.165 e. The number of benzene rings is 2. The number of anilines is 1. The quantitative estimate of drug-likeness (QED) is 0.604. The number of hydrogen-bond donors (Lipinski definition) is 3. The Balaban J connectivity index is 2.05. The summed E-state index contributed by atoms with van der Waals surface area (Å²) in [7, 11) is 0. The van der Waals surface area contributed by atoms with Crippen LogP contribution >= 0.6 is 11.3 Å². The van der Waals surface area contributed by atoms with Crippen molar-refractivity contribution in [2.45, 2.75) is 13.3 Å². The molecule has 0 fully saturated rings. The molecule has 1 heterocycles. The molecule has 132 valence electrons. The zero-order valence-electron chi connectivity index (χ0n) is 13.8. The van der Waals surface area contributed by atoms with Crippen molar-refractivity contribution >= 4 is 28.2 Å². The van der Waals surface area contributed by atoms with Gasteiger partial charge in [-0.3, -0.25) is 0 Å². The zero-order chi connectivity index (χ0) is 18.6. The van der Waals surface area contributed by atoms with Crippen LogP contribution in [-0.4, -0.2) is 10.2 Å². The van der Waals surface area contributed by atoms with Crippen LogP contribution in [0, 0.1) is 18.6 Å². The van der Waals surface area contributed by atoms with Crippen molar-refractivity contribution in [1.82, 2.24) is 0 Å². The van der Waals surface area contributed by atoms with E-state index < -0.39 is 17.4 Å². The van der Waals surface area contributed by atoms with Gasteiger partial charge in [0, 0.05) is 28.0 Å². The number of phenols is 2. The summed E-state index contributed by atoms with van der Waals surface area (Å²) in [5, 5.41) is 23.1. The van der Waals surface area contributed by atoms with Gasteiger partial charge in [-0.05, 0) is 59.4 Å². The molecule has 0 saturated heterocycles. The molecular weight excluding hydrogens is 356 g/mol. The summed E-state index contributed by atoms with van der Waals surface area (Å²) < 4.78 is 28.5. The number of rotatable bonds is 2. The number of phenolic OH excluding ortho intramolecular Hbond substituents is 2. The molecule has 1 aliphatic carbocycles. The number of nitrogens with two attached hydrogens (primary N) is 1. The summed E-state index contributed by atoms with van der Waals surface area (Å²) in [6.45, 7) is 1.86. The van der Waals surface area contributed by atoms with Gasteiger partial charge in [-0.15, -0.1) is 11.3 Å². The van der Waals surface area contributed by atoms with E-state index in [4.69, 9.17) is 5.73 Å². The molecule has 0 aliphatic heterocycles. The van der Waals surface area contributed by atoms with Crippen molar-refractivity contribution < 1.29 is 19.0 Å². The van der Waals surface area contributed by atoms with E-state index in [9.17, 15) is 19.0 Å². The summed E-state index contributed by atoms with van der Waals surface area (Å²) >= 11 is 1.41. The molecule has 2 aromatic carbocycles. The third-order valence-corrected chi connectivity index (χ3v) is 5.47. The van der Waals surface area contributed by atoms with Crippen LogP contribution in [0.2, 0.25) is 0 Å². The van der Waals surface area contributed by atoms with Crippen LogP contribution in [0.15, 0.2) is 35.0 Å². The standard InChI is InChI=1S/C20H15F2NO2S/c1-9-2-10(24)3-13-11(9)4-14(20(13)15-7-26-8-18(15)23)12-5-17(22)19(25)6-16(12)21/h2-3,5-8,24-25H,4,23H2,1H3. The Morgan fingerprint density at radius 1 is 0.962 bits per heavy atom. The van der Waals surface area contributed by atoms with Crippen molar-refractivity contribution in [2.24, 2.45) is 0 Å². The number of halogens is 2. The fourth-order valence-electron chi connectivity index (χ4n) is 3.50. The average molecular weight is 371 g/mol. The maximum atomic E-state index is 14.6. The molecule has 0 radical (unpaired) electrons. The van der Waals surface area contributed by atoms with E-state index in [0.29, 0.717) is 23.3 Å². The van der Waals surface area contributed by atoms with E-state index in [-0.39, 0.29) is 11.3 Å². The van der Waals surface area contributed by atoms with E-state index in [2.05, 4.69) is 0 Å². The van der Waals surface area contributed by atoms with Crippen LogP contribution in [0.5, 0.6) is 11.5 Å². The molecule has 3 nitrogen and oxygen atoms in total. The topological polar surface area (TPSA) is 66.5 Å². The van der Waals surface area contributed by atoms with E-state index >= 15 is 0 Å². The van der Waals surface area contributed by atoms with Crippen molar-refractivity contribution in [3.63, 3.8) is 0 Å². The van der Waals surface area contributed by atoms with Gasteiger partial charge in [0.15, 0.2) is 11.6 Å². The molecule has 1 aliphatic rings. The summed E-state index contributed by atoms with van der Waals surface area (Å²) in [5.41, 5.74) is 11.3. The number of nitrogen functional groups attached to an aromatic ring is 1. The largest absolute Gasteiger partial charge is 0.508 e. The monoisotopic (exact) mass is 371 g/mol. The molecular formula is C20H15F2NO2S. The number of hydrogen-bond acceptors (Lipinski definition) is 4. The first-order chi connectivity index (χ1) is 12.4. The van der Waals surface area contributed by atoms with Crippen LogP contribution in [0.3, 0.4) is 0 Å². The van der Waals surface area contributed by atoms with Gasteiger partial charge in [-0.2, -0.15) is 0 Å². The zero-order valence-corrected chi connectivity index (χ0v) is 14.6. The van der Waals surface area contributed by atoms with Gasteiger partial charge in [0.1, 0.15) is 11.6 Å². The van der Waals surface area contributed by atoms with Gasteiger partial charge in [0.05, 0.1) is 5.69 Å². The fourth-order valence-corrected chi connectivity index (χ4v) is 4.23. The maximum Gasteiger partial charge on any atom is 0.165 e. The Morgan fingerprint density at radius 3 is 2.42 bits per heavy atom. The van der Waals surface area contributed by atoms with Gasteiger partial charge in [0.2, 0.25) is 0 Å². The average Bonchev–Trinajstić information content (AvgIpc) is 3.14. The molecule has 6 heteroatoms. The van der Waals surface area contributed by atoms with Crippen LogP contribution in [0.25, 0.3) is 11.1 Å². The van der Waals surface area contributed by atoms with Crippen LogP contribution in [0.1, 0.15) is 27.8 Å². The molecule has 0 amide bonds. The first-order valence-electron chi connectivity index (χ1n) is 7.93. The Kier molecular flexibility index (Phi) is 3.73. The highest BCUT2D eigenvalue weighted by Crippen LogP contribution is 2.47. The number of aryl methyl sites for hydroxylation is 1. The molecule has 4 N–H and O–H groups in total. The highest BCUT2D eigenvalue weighted by atomic mass is 32.1. The summed E-state index contributed by atoms with van der Waals surface area (Å²) in [5.74, 6) is -2.22. The third kappa shape index (κ3) is 2.45. The second kappa shape index (κ2) is 5.85. The minimum atomic E-state index is -0.887. The lowest BCUT2D eigenvalue weighted by Crippen LogP contribution is -1.96. The van der Waals surface area contributed by atoms with E-state index in [0.717, 1.165) is 34.4 Å². The van der Waals surface area contributed by atoms with E-state index in [1.54, 1.807) is 17.5 Å². The summed E-state index contributed by atoms with van der Waals surface area (Å²) in [6.07, 6.45) is 0.382. The number of fused-ring (bicyclic) bond motifs is 1. The van der Waals surface area contributed by atoms with Gasteiger partial charge in [-0.1, -0.05) is 0 Å². The Hall–Kier alpha value is -2.86. The fraction of sp³-hybridized carbons (Fsp3) is 0.100. The van der Waals surface area contributed by atoms with Crippen LogP contribution in [0.4, 0.5) is 14.5 Å². The highest BCUT2D eigenvalue weighted by Gasteiger charge is 2.29. The normalized spacial score (nSPS) is 13.3. The van der Waals surface area contributed by atoms with Crippen molar-refractivity contribution in [3.8, 4) is 11.5 Å². The summed E-state index contributed by atoms with van der Waals surface area (Å²) in [4.78, 5) is 0. The van der Waals surface area contributed by atoms with E-state index in [1.807, 2.05) is 12.3 Å². The Morgan fingerprint density at radius 2 is 1.73 bits per heavy atom. The second-order valence-electron chi connectivity index (χ2n) is 6.34. The number of allylic oxidation sites excluding steroid dienone is 1. The molecule has 0 spiro atoms. The van der Waals surface area contributed by atoms with Crippen molar-refractivity contribution in [1.29, 1.82) is 0 Å². The first kappa shape index (κ1) is 16.6. The summed E-state index contributed by atoms with van der Waals surface area (Å²) in [6, 6.07) is 5.05. The predicted octanol–water partition coefficient (Wildman–Crippen LogP) is 4.84. The number of thiophene rings is 1. The molecule has 3 aromatic rings. The second-order valence-corrected chi connectivity index (χ2v) is 7.09. The van der Waals surface area contributed by atoms with Crippen molar-refractivity contribution in [3.05, 3.63) is 74.5 Å². The lowest BCUT2D eigenvalue weighted by Gasteiger charge is -2.11. The molecule has 0 bridgehead atoms. The number of aromatic hydroxyl groups is 2. The molecule has 26 heavy (non-hydrogen) atoms. The lowest BCUT2D eigenvalue weighted by molar-refractivity contribution is 0.426. The molecule has 1 aromatic heterocycles. The SMILES string of the molecule is Cc1cc(O)cc2c1CC(c1cc(F)c(O)cc1F)=C2c1cscc1N. The Labute approximate surface area is 152 Å². The molecule has 0 unspecified atom stereocenters. The van der Waals surface area contributed by atoms with Crippen LogP contribution in [-0.2, 0) is 6.42 Å². The first-order valence-corrected chi connectivity index (χ1v) is 8.87. The molecule has 4 rings (SSSR count). The molecule has 0 atom stereocenters. The van der Waals surface area contributed by atoms with Crippen LogP contribution < -0.4 is 5.73 Å². The lowest BCUT2D eigenvalue weighted by atomic mass is 9.94. The Bertz CT molecular complexity index is 1090. The van der Waals surface area contributed by atoms with Crippen molar-refractivity contribution in [2.75, 3.05) is 5.73 Å². The highest BCUT2D eigenvalue weighted by molar-refractivity contribution is 7.08. The van der Waals surface area contributed by atoms with Gasteiger partial charge < -0.3 is 15.9 Å². The predicted molar refractivity (Wildman–Crippen MR) is 99.2 cm³/mol. The minimum absolute atomic E-state index is 0.0796. The van der Waals surface area contributed by atoms with E-state index in [1.165, 1.54) is 11.3 Å². The maximum absolute atomic E-state index is 14.6. The van der Waals surface area contributed by atoms with Gasteiger partial charge >= 0.3 is 0 Å². The molecule has 0 saturated carbocycles. The third-order valence-electron chi connectivity index (χ3n) is 4.71.